The number of benzene rings is 1. The number of carbonyl (C=O) groups excluding carboxylic acids is 1. The molecule has 7 heteroatoms. The van der Waals surface area contributed by atoms with E-state index in [2.05, 4.69) is 25.7 Å². The first-order chi connectivity index (χ1) is 12.8. The fraction of sp³-hybridized carbons (Fsp3) is 0.650. The number of anilines is 2. The van der Waals surface area contributed by atoms with Crippen molar-refractivity contribution in [3.8, 4) is 0 Å². The first kappa shape index (κ1) is 21.5. The predicted octanol–water partition coefficient (Wildman–Crippen LogP) is 2.95. The second kappa shape index (κ2) is 9.44. The van der Waals surface area contributed by atoms with Gasteiger partial charge in [0, 0.05) is 44.8 Å². The van der Waals surface area contributed by atoms with Gasteiger partial charge in [0.2, 0.25) is 15.9 Å². The second-order valence-corrected chi connectivity index (χ2v) is 9.27. The van der Waals surface area contributed by atoms with E-state index < -0.39 is 10.0 Å². The molecule has 1 saturated heterocycles. The number of amides is 1. The fourth-order valence-electron chi connectivity index (χ4n) is 3.68. The van der Waals surface area contributed by atoms with Crippen molar-refractivity contribution in [1.29, 1.82) is 0 Å². The molecule has 152 valence electrons. The third-order valence-corrected chi connectivity index (χ3v) is 6.40. The van der Waals surface area contributed by atoms with Gasteiger partial charge in [0.05, 0.1) is 11.9 Å². The van der Waals surface area contributed by atoms with E-state index >= 15 is 0 Å². The Morgan fingerprint density at radius 2 is 1.74 bits per heavy atom. The fourth-order valence-corrected chi connectivity index (χ4v) is 4.60. The van der Waals surface area contributed by atoms with Crippen molar-refractivity contribution in [2.24, 2.45) is 5.92 Å². The summed E-state index contributed by atoms with van der Waals surface area (Å²) in [4.78, 5) is 16.6. The lowest BCUT2D eigenvalue weighted by Gasteiger charge is -2.32. The average molecular weight is 396 g/mol. The van der Waals surface area contributed by atoms with Gasteiger partial charge in [-0.3, -0.25) is 9.10 Å². The van der Waals surface area contributed by atoms with Crippen LogP contribution in [0.5, 0.6) is 0 Å². The molecule has 0 radical (unpaired) electrons. The number of carbonyl (C=O) groups is 1. The minimum Gasteiger partial charge on any atom is -0.372 e. The van der Waals surface area contributed by atoms with Crippen molar-refractivity contribution in [2.75, 3.05) is 48.2 Å². The molecule has 1 atom stereocenters. The number of hydrogen-bond donors (Lipinski definition) is 0. The van der Waals surface area contributed by atoms with E-state index in [1.807, 2.05) is 29.2 Å². The highest BCUT2D eigenvalue weighted by molar-refractivity contribution is 7.92. The van der Waals surface area contributed by atoms with E-state index in [9.17, 15) is 13.2 Å². The van der Waals surface area contributed by atoms with Gasteiger partial charge >= 0.3 is 0 Å². The number of rotatable bonds is 8. The molecule has 0 saturated carbocycles. The van der Waals surface area contributed by atoms with Crippen molar-refractivity contribution in [1.82, 2.24) is 4.90 Å². The third-order valence-electron chi connectivity index (χ3n) is 5.21. The lowest BCUT2D eigenvalue weighted by atomic mass is 10.00. The van der Waals surface area contributed by atoms with Gasteiger partial charge in [-0.1, -0.05) is 6.92 Å². The van der Waals surface area contributed by atoms with Crippen LogP contribution in [-0.2, 0) is 14.8 Å². The highest BCUT2D eigenvalue weighted by atomic mass is 32.2. The van der Waals surface area contributed by atoms with Crippen LogP contribution < -0.4 is 9.21 Å². The Morgan fingerprint density at radius 1 is 1.15 bits per heavy atom. The molecule has 1 aromatic rings. The maximum Gasteiger partial charge on any atom is 0.232 e. The molecular weight excluding hydrogens is 362 g/mol. The standard InChI is InChI=1S/C20H33N3O3S/c1-5-21(6-2)18-9-11-19(12-10-18)23(27(4,25)26)15-13-20(24)22-14-7-8-17(3)16-22/h9-12,17H,5-8,13-16H2,1-4H3. The van der Waals surface area contributed by atoms with E-state index in [4.69, 9.17) is 0 Å². The molecule has 1 aromatic carbocycles. The summed E-state index contributed by atoms with van der Waals surface area (Å²) in [5.41, 5.74) is 1.67. The topological polar surface area (TPSA) is 60.9 Å². The maximum atomic E-state index is 12.5. The van der Waals surface area contributed by atoms with Crippen LogP contribution >= 0.6 is 0 Å². The molecule has 1 aliphatic heterocycles. The van der Waals surface area contributed by atoms with Crippen molar-refractivity contribution < 1.29 is 13.2 Å². The quantitative estimate of drug-likeness (QED) is 0.679. The Morgan fingerprint density at radius 3 is 2.26 bits per heavy atom. The molecule has 2 rings (SSSR count). The normalized spacial score (nSPS) is 17.6. The van der Waals surface area contributed by atoms with Crippen LogP contribution in [-0.4, -0.2) is 58.2 Å². The molecule has 0 aromatic heterocycles. The molecule has 1 amide bonds. The van der Waals surface area contributed by atoms with Crippen molar-refractivity contribution in [2.45, 2.75) is 40.0 Å². The summed E-state index contributed by atoms with van der Waals surface area (Å²) >= 11 is 0. The second-order valence-electron chi connectivity index (χ2n) is 7.36. The van der Waals surface area contributed by atoms with Crippen molar-refractivity contribution in [3.05, 3.63) is 24.3 Å². The molecule has 1 aliphatic rings. The maximum absolute atomic E-state index is 12.5. The Hall–Kier alpha value is -1.76. The molecule has 0 spiro atoms. The summed E-state index contributed by atoms with van der Waals surface area (Å²) in [5.74, 6) is 0.552. The minimum atomic E-state index is -3.45. The Labute approximate surface area is 164 Å². The zero-order valence-corrected chi connectivity index (χ0v) is 17.8. The summed E-state index contributed by atoms with van der Waals surface area (Å²) in [6, 6.07) is 7.52. The number of likely N-dealkylation sites (tertiary alicyclic amines) is 1. The van der Waals surface area contributed by atoms with E-state index in [1.165, 1.54) is 10.6 Å². The smallest absolute Gasteiger partial charge is 0.232 e. The Kier molecular flexibility index (Phi) is 7.53. The van der Waals surface area contributed by atoms with Crippen LogP contribution in [0.1, 0.15) is 40.0 Å². The summed E-state index contributed by atoms with van der Waals surface area (Å²) in [6.45, 7) is 9.85. The lowest BCUT2D eigenvalue weighted by Crippen LogP contribution is -2.41. The van der Waals surface area contributed by atoms with E-state index in [-0.39, 0.29) is 18.9 Å². The van der Waals surface area contributed by atoms with Crippen LogP contribution in [0.4, 0.5) is 11.4 Å². The lowest BCUT2D eigenvalue weighted by molar-refractivity contribution is -0.132. The Bertz CT molecular complexity index is 714. The number of sulfonamides is 1. The molecule has 6 nitrogen and oxygen atoms in total. The molecule has 1 unspecified atom stereocenters. The summed E-state index contributed by atoms with van der Waals surface area (Å²) in [5, 5.41) is 0. The predicted molar refractivity (Wildman–Crippen MR) is 112 cm³/mol. The minimum absolute atomic E-state index is 0.0370. The number of nitrogens with zero attached hydrogens (tertiary/aromatic N) is 3. The van der Waals surface area contributed by atoms with Crippen LogP contribution in [0.15, 0.2) is 24.3 Å². The average Bonchev–Trinajstić information content (AvgIpc) is 2.63. The largest absolute Gasteiger partial charge is 0.372 e. The molecule has 27 heavy (non-hydrogen) atoms. The van der Waals surface area contributed by atoms with Gasteiger partial charge < -0.3 is 9.80 Å². The summed E-state index contributed by atoms with van der Waals surface area (Å²) in [6.07, 6.45) is 3.57. The monoisotopic (exact) mass is 395 g/mol. The van der Waals surface area contributed by atoms with Gasteiger partial charge in [-0.15, -0.1) is 0 Å². The highest BCUT2D eigenvalue weighted by Gasteiger charge is 2.24. The van der Waals surface area contributed by atoms with Crippen molar-refractivity contribution in [3.63, 3.8) is 0 Å². The van der Waals surface area contributed by atoms with Gasteiger partial charge in [0.15, 0.2) is 0 Å². The van der Waals surface area contributed by atoms with Crippen molar-refractivity contribution >= 4 is 27.3 Å². The van der Waals surface area contributed by atoms with E-state index in [0.29, 0.717) is 11.6 Å². The third kappa shape index (κ3) is 5.86. The highest BCUT2D eigenvalue weighted by Crippen LogP contribution is 2.23. The molecule has 0 bridgehead atoms. The summed E-state index contributed by atoms with van der Waals surface area (Å²) in [7, 11) is -3.45. The van der Waals surface area contributed by atoms with Gasteiger partial charge in [0.25, 0.3) is 0 Å². The van der Waals surface area contributed by atoms with Crippen LogP contribution in [0.2, 0.25) is 0 Å². The van der Waals surface area contributed by atoms with Gasteiger partial charge in [0.1, 0.15) is 0 Å². The molecule has 1 heterocycles. The molecule has 0 N–H and O–H groups in total. The first-order valence-corrected chi connectivity index (χ1v) is 11.7. The summed E-state index contributed by atoms with van der Waals surface area (Å²) < 4.78 is 25.9. The number of piperidine rings is 1. The molecular formula is C20H33N3O3S. The van der Waals surface area contributed by atoms with Crippen LogP contribution in [0.3, 0.4) is 0 Å². The van der Waals surface area contributed by atoms with Gasteiger partial charge in [-0.2, -0.15) is 0 Å². The zero-order chi connectivity index (χ0) is 20.0. The molecule has 0 aliphatic carbocycles. The number of hydrogen-bond acceptors (Lipinski definition) is 4. The van der Waals surface area contributed by atoms with Gasteiger partial charge in [-0.25, -0.2) is 8.42 Å². The first-order valence-electron chi connectivity index (χ1n) is 9.86. The zero-order valence-electron chi connectivity index (χ0n) is 17.0. The van der Waals surface area contributed by atoms with E-state index in [1.54, 1.807) is 0 Å². The van der Waals surface area contributed by atoms with Crippen LogP contribution in [0.25, 0.3) is 0 Å². The van der Waals surface area contributed by atoms with E-state index in [0.717, 1.165) is 44.7 Å². The Balaban J connectivity index is 2.08. The molecule has 1 fully saturated rings. The van der Waals surface area contributed by atoms with Crippen LogP contribution in [0, 0.1) is 5.92 Å². The SMILES string of the molecule is CCN(CC)c1ccc(N(CCC(=O)N2CCCC(C)C2)S(C)(=O)=O)cc1. The van der Waals surface area contributed by atoms with Gasteiger partial charge in [-0.05, 0) is 56.9 Å².